The highest BCUT2D eigenvalue weighted by Gasteiger charge is 2.35. The van der Waals surface area contributed by atoms with E-state index in [4.69, 9.17) is 0 Å². The normalized spacial score (nSPS) is 14.1. The molecule has 0 saturated carbocycles. The molecule has 0 unspecified atom stereocenters. The Labute approximate surface area is 135 Å². The van der Waals surface area contributed by atoms with Crippen LogP contribution in [0, 0.1) is 11.6 Å². The second kappa shape index (κ2) is 7.02. The summed E-state index contributed by atoms with van der Waals surface area (Å²) in [5.41, 5.74) is -0.662. The Kier molecular flexibility index (Phi) is 5.07. The number of benzene rings is 1. The van der Waals surface area contributed by atoms with Crippen LogP contribution in [0.2, 0.25) is 0 Å². The van der Waals surface area contributed by atoms with Crippen molar-refractivity contribution in [3.05, 3.63) is 29.8 Å². The summed E-state index contributed by atoms with van der Waals surface area (Å²) in [4.78, 5) is 48.0. The zero-order chi connectivity index (χ0) is 17.9. The van der Waals surface area contributed by atoms with E-state index in [-0.39, 0.29) is 6.54 Å². The molecule has 0 aromatic heterocycles. The molecule has 1 aromatic carbocycles. The summed E-state index contributed by atoms with van der Waals surface area (Å²) in [5, 5.41) is 1.93. The lowest BCUT2D eigenvalue weighted by Crippen LogP contribution is -2.37. The molecule has 1 aliphatic heterocycles. The van der Waals surface area contributed by atoms with Crippen molar-refractivity contribution < 1.29 is 32.7 Å². The molecule has 1 heterocycles. The first-order valence-corrected chi connectivity index (χ1v) is 6.74. The Balaban J connectivity index is 1.85. The largest absolute Gasteiger partial charge is 0.454 e. The van der Waals surface area contributed by atoms with E-state index in [0.29, 0.717) is 4.90 Å². The molecule has 128 valence electrons. The summed E-state index contributed by atoms with van der Waals surface area (Å²) in [6.45, 7) is -1.62. The number of para-hydroxylation sites is 1. The first-order valence-electron chi connectivity index (χ1n) is 6.74. The molecule has 1 saturated heterocycles. The van der Waals surface area contributed by atoms with Gasteiger partial charge in [-0.1, -0.05) is 6.07 Å². The maximum absolute atomic E-state index is 13.4. The van der Waals surface area contributed by atoms with Crippen LogP contribution in [0.5, 0.6) is 0 Å². The smallest absolute Gasteiger partial charge is 0.327 e. The number of carbonyl (C=O) groups excluding carboxylic acids is 4. The van der Waals surface area contributed by atoms with E-state index in [1.165, 1.54) is 7.05 Å². The third kappa shape index (κ3) is 3.83. The Bertz CT molecular complexity index is 689. The van der Waals surface area contributed by atoms with E-state index in [9.17, 15) is 28.0 Å². The monoisotopic (exact) mass is 341 g/mol. The van der Waals surface area contributed by atoms with Crippen molar-refractivity contribution in [3.8, 4) is 0 Å². The molecule has 4 amide bonds. The highest BCUT2D eigenvalue weighted by Crippen LogP contribution is 2.17. The maximum atomic E-state index is 13.4. The van der Waals surface area contributed by atoms with E-state index in [0.717, 1.165) is 23.1 Å². The molecule has 8 nitrogen and oxygen atoms in total. The molecule has 1 fully saturated rings. The Morgan fingerprint density at radius 2 is 1.88 bits per heavy atom. The SMILES string of the molecule is CN1CC(=O)N(CC(=O)OCC(=O)Nc2c(F)cccc2F)C1=O. The minimum atomic E-state index is -1.00. The van der Waals surface area contributed by atoms with Crippen LogP contribution in [0.15, 0.2) is 18.2 Å². The minimum Gasteiger partial charge on any atom is -0.454 e. The van der Waals surface area contributed by atoms with Gasteiger partial charge in [0.05, 0.1) is 0 Å². The van der Waals surface area contributed by atoms with E-state index >= 15 is 0 Å². The van der Waals surface area contributed by atoms with E-state index < -0.39 is 54.3 Å². The lowest BCUT2D eigenvalue weighted by Gasteiger charge is -2.13. The maximum Gasteiger partial charge on any atom is 0.327 e. The molecule has 10 heteroatoms. The fraction of sp³-hybridized carbons (Fsp3) is 0.286. The fourth-order valence-electron chi connectivity index (χ4n) is 1.94. The number of carbonyl (C=O) groups is 4. The third-order valence-corrected chi connectivity index (χ3v) is 3.11. The topological polar surface area (TPSA) is 96.0 Å². The quantitative estimate of drug-likeness (QED) is 0.615. The molecule has 0 atom stereocenters. The van der Waals surface area contributed by atoms with Gasteiger partial charge in [0, 0.05) is 7.05 Å². The van der Waals surface area contributed by atoms with E-state index in [1.807, 2.05) is 5.32 Å². The van der Waals surface area contributed by atoms with Gasteiger partial charge in [-0.25, -0.2) is 13.6 Å². The predicted molar refractivity (Wildman–Crippen MR) is 75.7 cm³/mol. The van der Waals surface area contributed by atoms with Gasteiger partial charge in [-0.05, 0) is 12.1 Å². The number of esters is 1. The number of ether oxygens (including phenoxy) is 1. The summed E-state index contributed by atoms with van der Waals surface area (Å²) in [5.74, 6) is -4.51. The van der Waals surface area contributed by atoms with Gasteiger partial charge in [0.1, 0.15) is 30.4 Å². The van der Waals surface area contributed by atoms with Crippen LogP contribution in [0.3, 0.4) is 0 Å². The summed E-state index contributed by atoms with van der Waals surface area (Å²) in [6, 6.07) is 2.37. The Morgan fingerprint density at radius 1 is 1.25 bits per heavy atom. The summed E-state index contributed by atoms with van der Waals surface area (Å²) in [6.07, 6.45) is 0. The second-order valence-corrected chi connectivity index (χ2v) is 4.92. The first-order chi connectivity index (χ1) is 11.3. The number of anilines is 1. The summed E-state index contributed by atoms with van der Waals surface area (Å²) < 4.78 is 31.3. The molecule has 0 radical (unpaired) electrons. The number of halogens is 2. The lowest BCUT2D eigenvalue weighted by atomic mass is 10.3. The Hall–Kier alpha value is -3.04. The average Bonchev–Trinajstić information content (AvgIpc) is 2.75. The van der Waals surface area contributed by atoms with Crippen molar-refractivity contribution in [3.63, 3.8) is 0 Å². The van der Waals surface area contributed by atoms with Crippen LogP contribution < -0.4 is 5.32 Å². The predicted octanol–water partition coefficient (Wildman–Crippen LogP) is 0.340. The number of nitrogens with one attached hydrogen (secondary N) is 1. The number of likely N-dealkylation sites (N-methyl/N-ethyl adjacent to an activating group) is 1. The lowest BCUT2D eigenvalue weighted by molar-refractivity contribution is -0.149. The van der Waals surface area contributed by atoms with Gasteiger partial charge in [-0.2, -0.15) is 0 Å². The van der Waals surface area contributed by atoms with E-state index in [2.05, 4.69) is 4.74 Å². The van der Waals surface area contributed by atoms with Crippen molar-refractivity contribution in [2.45, 2.75) is 0 Å². The highest BCUT2D eigenvalue weighted by atomic mass is 19.1. The second-order valence-electron chi connectivity index (χ2n) is 4.92. The van der Waals surface area contributed by atoms with Crippen LogP contribution in [-0.4, -0.2) is 60.4 Å². The van der Waals surface area contributed by atoms with Crippen LogP contribution in [0.1, 0.15) is 0 Å². The molecule has 0 aliphatic carbocycles. The van der Waals surface area contributed by atoms with Gasteiger partial charge in [-0.3, -0.25) is 19.3 Å². The Morgan fingerprint density at radius 3 is 2.42 bits per heavy atom. The van der Waals surface area contributed by atoms with Crippen LogP contribution in [-0.2, 0) is 19.1 Å². The number of hydrogen-bond donors (Lipinski definition) is 1. The first kappa shape index (κ1) is 17.3. The zero-order valence-corrected chi connectivity index (χ0v) is 12.5. The van der Waals surface area contributed by atoms with Gasteiger partial charge in [0.15, 0.2) is 6.61 Å². The van der Waals surface area contributed by atoms with E-state index in [1.54, 1.807) is 0 Å². The average molecular weight is 341 g/mol. The van der Waals surface area contributed by atoms with Crippen molar-refractivity contribution in [1.29, 1.82) is 0 Å². The highest BCUT2D eigenvalue weighted by molar-refractivity contribution is 6.04. The molecule has 2 rings (SSSR count). The van der Waals surface area contributed by atoms with Crippen molar-refractivity contribution in [1.82, 2.24) is 9.80 Å². The standard InChI is InChI=1S/C14H13F2N3O5/c1-18-5-11(21)19(14(18)23)6-12(22)24-7-10(20)17-13-8(15)3-2-4-9(13)16/h2-4H,5-7H2,1H3,(H,17,20). The number of rotatable bonds is 5. The van der Waals surface area contributed by atoms with Gasteiger partial charge < -0.3 is 15.0 Å². The summed E-state index contributed by atoms with van der Waals surface area (Å²) >= 11 is 0. The zero-order valence-electron chi connectivity index (χ0n) is 12.5. The van der Waals surface area contributed by atoms with Gasteiger partial charge in [0.2, 0.25) is 0 Å². The molecule has 1 N–H and O–H groups in total. The number of urea groups is 1. The molecule has 1 aromatic rings. The van der Waals surface area contributed by atoms with Crippen molar-refractivity contribution in [2.75, 3.05) is 32.1 Å². The molecular weight excluding hydrogens is 328 g/mol. The number of hydrogen-bond acceptors (Lipinski definition) is 5. The van der Waals surface area contributed by atoms with Crippen LogP contribution in [0.4, 0.5) is 19.3 Å². The van der Waals surface area contributed by atoms with Gasteiger partial charge >= 0.3 is 12.0 Å². The van der Waals surface area contributed by atoms with Gasteiger partial charge in [0.25, 0.3) is 11.8 Å². The summed E-state index contributed by atoms with van der Waals surface area (Å²) in [7, 11) is 1.39. The van der Waals surface area contributed by atoms with Crippen molar-refractivity contribution in [2.24, 2.45) is 0 Å². The third-order valence-electron chi connectivity index (χ3n) is 3.11. The van der Waals surface area contributed by atoms with Crippen molar-refractivity contribution >= 4 is 29.5 Å². The van der Waals surface area contributed by atoms with Crippen LogP contribution in [0.25, 0.3) is 0 Å². The molecule has 24 heavy (non-hydrogen) atoms. The molecule has 0 bridgehead atoms. The molecular formula is C14H13F2N3O5. The van der Waals surface area contributed by atoms with Gasteiger partial charge in [-0.15, -0.1) is 0 Å². The molecule has 0 spiro atoms. The molecule has 1 aliphatic rings. The minimum absolute atomic E-state index is 0.154. The fourth-order valence-corrected chi connectivity index (χ4v) is 1.94. The number of amides is 4. The van der Waals surface area contributed by atoms with Crippen LogP contribution >= 0.6 is 0 Å². The number of imide groups is 1. The number of nitrogens with zero attached hydrogens (tertiary/aromatic N) is 2.